The second kappa shape index (κ2) is 12.5. The van der Waals surface area contributed by atoms with Gasteiger partial charge in [-0.05, 0) is 91.7 Å². The molecule has 7 nitrogen and oxygen atoms in total. The lowest BCUT2D eigenvalue weighted by atomic mass is 9.99. The third-order valence-electron chi connectivity index (χ3n) is 7.67. The van der Waals surface area contributed by atoms with Crippen LogP contribution in [0.4, 0.5) is 21.5 Å². The summed E-state index contributed by atoms with van der Waals surface area (Å²) in [5.74, 6) is -0.124. The Kier molecular flexibility index (Phi) is 8.28. The van der Waals surface area contributed by atoms with Gasteiger partial charge in [-0.25, -0.2) is 12.8 Å². The van der Waals surface area contributed by atoms with Crippen LogP contribution in [-0.2, 0) is 16.6 Å². The highest BCUT2D eigenvalue weighted by Gasteiger charge is 2.40. The number of carbonyl (C=O) groups excluding carboxylic acids is 1. The number of fused-ring (bicyclic) bond motifs is 1. The number of hydrogen-bond acceptors (Lipinski definition) is 5. The Balaban J connectivity index is 1.51. The fourth-order valence-corrected chi connectivity index (χ4v) is 6.58. The molecule has 1 N–H and O–H groups in total. The molecule has 6 rings (SSSR count). The fraction of sp³-hybridized carbons (Fsp3) is 0.139. The van der Waals surface area contributed by atoms with Crippen molar-refractivity contribution < 1.29 is 22.3 Å². The van der Waals surface area contributed by atoms with Crippen LogP contribution in [0.15, 0.2) is 126 Å². The molecule has 0 spiro atoms. The maximum atomic E-state index is 14.5. The van der Waals surface area contributed by atoms with Crippen molar-refractivity contribution >= 4 is 33.0 Å². The lowest BCUT2D eigenvalue weighted by Crippen LogP contribution is -2.49. The van der Waals surface area contributed by atoms with E-state index in [2.05, 4.69) is 4.72 Å². The van der Waals surface area contributed by atoms with Crippen molar-refractivity contribution in [2.24, 2.45) is 0 Å². The van der Waals surface area contributed by atoms with Crippen molar-refractivity contribution in [2.45, 2.75) is 31.5 Å². The molecule has 1 amide bonds. The Bertz CT molecular complexity index is 1920. The smallest absolute Gasteiger partial charge is 0.262 e. The standard InChI is InChI=1S/C36H32FN3O4S/c1-3-44-31-19-17-30(18-20-31)40-35(27-11-13-28(37)14-12-27)39(24-26-7-5-4-6-8-26)34-22-21-32(23-33(34)36(40)41)45(42,43)38-29-15-9-25(2)10-16-29/h4-23,35,38H,3,24H2,1-2H3/t35-/m0/s1. The van der Waals surface area contributed by atoms with Gasteiger partial charge < -0.3 is 9.64 Å². The normalized spacial score (nSPS) is 14.6. The van der Waals surface area contributed by atoms with Crippen LogP contribution in [0.25, 0.3) is 0 Å². The molecule has 0 aromatic heterocycles. The second-order valence-corrected chi connectivity index (χ2v) is 12.5. The number of nitrogens with zero attached hydrogens (tertiary/aromatic N) is 2. The van der Waals surface area contributed by atoms with E-state index in [1.807, 2.05) is 61.2 Å². The lowest BCUT2D eigenvalue weighted by molar-refractivity contribution is 0.0968. The van der Waals surface area contributed by atoms with Gasteiger partial charge in [-0.3, -0.25) is 14.4 Å². The quantitative estimate of drug-likeness (QED) is 0.183. The molecule has 45 heavy (non-hydrogen) atoms. The van der Waals surface area contributed by atoms with Crippen molar-refractivity contribution in [3.8, 4) is 5.75 Å². The van der Waals surface area contributed by atoms with E-state index >= 15 is 0 Å². The first-order valence-corrected chi connectivity index (χ1v) is 16.1. The number of aryl methyl sites for hydroxylation is 1. The van der Waals surface area contributed by atoms with Gasteiger partial charge in [-0.15, -0.1) is 0 Å². The number of ether oxygens (including phenoxy) is 1. The highest BCUT2D eigenvalue weighted by molar-refractivity contribution is 7.92. The molecule has 1 aliphatic heterocycles. The van der Waals surface area contributed by atoms with E-state index in [4.69, 9.17) is 4.74 Å². The first kappa shape index (κ1) is 29.9. The Morgan fingerprint density at radius 3 is 2.20 bits per heavy atom. The molecule has 0 unspecified atom stereocenters. The molecule has 1 aliphatic rings. The van der Waals surface area contributed by atoms with Gasteiger partial charge in [0.1, 0.15) is 17.7 Å². The van der Waals surface area contributed by atoms with E-state index in [9.17, 15) is 17.6 Å². The van der Waals surface area contributed by atoms with Gasteiger partial charge in [0.05, 0.1) is 22.8 Å². The van der Waals surface area contributed by atoms with Gasteiger partial charge >= 0.3 is 0 Å². The summed E-state index contributed by atoms with van der Waals surface area (Å²) in [5.41, 5.74) is 4.46. The average molecular weight is 622 g/mol. The number of anilines is 3. The minimum Gasteiger partial charge on any atom is -0.494 e. The first-order chi connectivity index (χ1) is 21.7. The molecular weight excluding hydrogens is 589 g/mol. The van der Waals surface area contributed by atoms with Crippen LogP contribution >= 0.6 is 0 Å². The summed E-state index contributed by atoms with van der Waals surface area (Å²) >= 11 is 0. The third-order valence-corrected chi connectivity index (χ3v) is 9.05. The molecule has 0 fully saturated rings. The Labute approximate surface area is 262 Å². The minimum atomic E-state index is -4.02. The molecule has 5 aromatic carbocycles. The highest BCUT2D eigenvalue weighted by atomic mass is 32.2. The number of benzene rings is 5. The molecule has 5 aromatic rings. The summed E-state index contributed by atoms with van der Waals surface area (Å²) in [6, 6.07) is 34.7. The monoisotopic (exact) mass is 621 g/mol. The first-order valence-electron chi connectivity index (χ1n) is 14.6. The maximum Gasteiger partial charge on any atom is 0.262 e. The number of amides is 1. The van der Waals surface area contributed by atoms with E-state index in [1.54, 1.807) is 59.5 Å². The SMILES string of the molecule is CCOc1ccc(N2C(=O)c3cc(S(=O)(=O)Nc4ccc(C)cc4)ccc3N(Cc3ccccc3)[C@@H]2c2ccc(F)cc2)cc1. The number of sulfonamides is 1. The fourth-order valence-electron chi connectivity index (χ4n) is 5.50. The zero-order valence-corrected chi connectivity index (χ0v) is 25.7. The average Bonchev–Trinajstić information content (AvgIpc) is 3.05. The molecular formula is C36H32FN3O4S. The maximum absolute atomic E-state index is 14.5. The van der Waals surface area contributed by atoms with Crippen LogP contribution in [0.3, 0.4) is 0 Å². The van der Waals surface area contributed by atoms with E-state index in [0.29, 0.717) is 41.5 Å². The van der Waals surface area contributed by atoms with Crippen molar-refractivity contribution in [3.63, 3.8) is 0 Å². The third kappa shape index (κ3) is 6.25. The molecule has 228 valence electrons. The highest BCUT2D eigenvalue weighted by Crippen LogP contribution is 2.43. The van der Waals surface area contributed by atoms with Gasteiger partial charge in [0.2, 0.25) is 0 Å². The van der Waals surface area contributed by atoms with Crippen LogP contribution in [0, 0.1) is 12.7 Å². The van der Waals surface area contributed by atoms with E-state index in [0.717, 1.165) is 11.1 Å². The summed E-state index contributed by atoms with van der Waals surface area (Å²) in [5, 5.41) is 0. The summed E-state index contributed by atoms with van der Waals surface area (Å²) in [6.07, 6.45) is -0.670. The van der Waals surface area contributed by atoms with Crippen molar-refractivity contribution in [1.29, 1.82) is 0 Å². The van der Waals surface area contributed by atoms with Gasteiger partial charge in [0.25, 0.3) is 15.9 Å². The number of nitrogens with one attached hydrogen (secondary N) is 1. The van der Waals surface area contributed by atoms with E-state index in [1.165, 1.54) is 24.3 Å². The zero-order chi connectivity index (χ0) is 31.6. The van der Waals surface area contributed by atoms with Crippen LogP contribution in [-0.4, -0.2) is 20.9 Å². The summed E-state index contributed by atoms with van der Waals surface area (Å²) in [4.78, 5) is 18.2. The largest absolute Gasteiger partial charge is 0.494 e. The Morgan fingerprint density at radius 2 is 1.53 bits per heavy atom. The van der Waals surface area contributed by atoms with Crippen molar-refractivity contribution in [1.82, 2.24) is 0 Å². The number of carbonyl (C=O) groups is 1. The molecule has 0 saturated carbocycles. The summed E-state index contributed by atoms with van der Waals surface area (Å²) in [6.45, 7) is 4.70. The van der Waals surface area contributed by atoms with Gasteiger partial charge in [0, 0.05) is 17.9 Å². The van der Waals surface area contributed by atoms with E-state index < -0.39 is 16.2 Å². The summed E-state index contributed by atoms with van der Waals surface area (Å²) in [7, 11) is -4.02. The molecule has 9 heteroatoms. The Morgan fingerprint density at radius 1 is 0.844 bits per heavy atom. The van der Waals surface area contributed by atoms with Crippen LogP contribution < -0.4 is 19.3 Å². The van der Waals surface area contributed by atoms with Gasteiger partial charge in [0.15, 0.2) is 0 Å². The number of rotatable bonds is 9. The second-order valence-electron chi connectivity index (χ2n) is 10.8. The number of hydrogen-bond donors (Lipinski definition) is 1. The predicted octanol–water partition coefficient (Wildman–Crippen LogP) is 7.70. The van der Waals surface area contributed by atoms with Crippen molar-refractivity contribution in [2.75, 3.05) is 21.1 Å². The molecule has 0 saturated heterocycles. The minimum absolute atomic E-state index is 0.0401. The molecule has 0 bridgehead atoms. The van der Waals surface area contributed by atoms with Crippen LogP contribution in [0.2, 0.25) is 0 Å². The van der Waals surface area contributed by atoms with E-state index in [-0.39, 0.29) is 22.2 Å². The molecule has 0 radical (unpaired) electrons. The predicted molar refractivity (Wildman–Crippen MR) is 175 cm³/mol. The van der Waals surface area contributed by atoms with Crippen LogP contribution in [0.1, 0.15) is 40.1 Å². The molecule has 1 heterocycles. The molecule has 1 atom stereocenters. The molecule has 0 aliphatic carbocycles. The summed E-state index contributed by atoms with van der Waals surface area (Å²) < 4.78 is 49.4. The van der Waals surface area contributed by atoms with Gasteiger partial charge in [-0.1, -0.05) is 60.2 Å². The van der Waals surface area contributed by atoms with Crippen molar-refractivity contribution in [3.05, 3.63) is 149 Å². The lowest BCUT2D eigenvalue weighted by Gasteiger charge is -2.46. The zero-order valence-electron chi connectivity index (χ0n) is 24.9. The van der Waals surface area contributed by atoms with Gasteiger partial charge in [-0.2, -0.15) is 0 Å². The topological polar surface area (TPSA) is 78.9 Å². The van der Waals surface area contributed by atoms with Crippen LogP contribution in [0.5, 0.6) is 5.75 Å². The Hall–Kier alpha value is -5.15. The number of halogens is 1.